The molecule has 1 atom stereocenters. The van der Waals surface area contributed by atoms with Crippen molar-refractivity contribution < 1.29 is 9.59 Å². The Balaban J connectivity index is 1.79. The van der Waals surface area contributed by atoms with Crippen LogP contribution in [0.15, 0.2) is 29.2 Å². The zero-order valence-electron chi connectivity index (χ0n) is 16.5. The molecule has 1 aliphatic heterocycles. The van der Waals surface area contributed by atoms with Gasteiger partial charge in [0, 0.05) is 31.4 Å². The maximum absolute atomic E-state index is 13.0. The van der Waals surface area contributed by atoms with Gasteiger partial charge in [-0.25, -0.2) is 4.68 Å². The first-order valence-corrected chi connectivity index (χ1v) is 9.53. The van der Waals surface area contributed by atoms with Crippen LogP contribution in [-0.2, 0) is 22.7 Å². The number of amides is 2. The van der Waals surface area contributed by atoms with Gasteiger partial charge in [0.2, 0.25) is 5.91 Å². The molecular formula is C19H26N6O3. The molecule has 0 radical (unpaired) electrons. The number of anilines is 1. The number of carbonyl (C=O) groups excluding carboxylic acids is 2. The van der Waals surface area contributed by atoms with Crippen molar-refractivity contribution in [1.29, 1.82) is 0 Å². The molecular weight excluding hydrogens is 360 g/mol. The molecule has 1 saturated heterocycles. The summed E-state index contributed by atoms with van der Waals surface area (Å²) in [6.45, 7) is 6.47. The molecule has 2 aromatic rings. The van der Waals surface area contributed by atoms with Crippen molar-refractivity contribution >= 4 is 17.6 Å². The van der Waals surface area contributed by atoms with Crippen LogP contribution in [0.4, 0.5) is 5.82 Å². The lowest BCUT2D eigenvalue weighted by Crippen LogP contribution is -2.60. The smallest absolute Gasteiger partial charge is 0.267 e. The van der Waals surface area contributed by atoms with Gasteiger partial charge in [-0.2, -0.15) is 10.2 Å². The Morgan fingerprint density at radius 3 is 2.71 bits per heavy atom. The van der Waals surface area contributed by atoms with E-state index in [0.29, 0.717) is 31.0 Å². The summed E-state index contributed by atoms with van der Waals surface area (Å²) >= 11 is 0. The van der Waals surface area contributed by atoms with Crippen LogP contribution in [0.25, 0.3) is 0 Å². The van der Waals surface area contributed by atoms with E-state index >= 15 is 0 Å². The lowest BCUT2D eigenvalue weighted by atomic mass is 9.87. The number of likely N-dealkylation sites (tertiary alicyclic amines) is 1. The second-order valence-corrected chi connectivity index (χ2v) is 7.26. The average Bonchev–Trinajstić information content (AvgIpc) is 3.12. The van der Waals surface area contributed by atoms with Crippen molar-refractivity contribution in [3.05, 3.63) is 40.4 Å². The summed E-state index contributed by atoms with van der Waals surface area (Å²) in [6.07, 6.45) is 4.00. The quantitative estimate of drug-likeness (QED) is 0.831. The summed E-state index contributed by atoms with van der Waals surface area (Å²) in [5, 5.41) is 11.2. The van der Waals surface area contributed by atoms with Crippen LogP contribution < -0.4 is 10.9 Å². The number of nitrogens with one attached hydrogen (secondary N) is 1. The first kappa shape index (κ1) is 19.8. The van der Waals surface area contributed by atoms with Gasteiger partial charge in [0.15, 0.2) is 5.82 Å². The van der Waals surface area contributed by atoms with E-state index in [-0.39, 0.29) is 23.9 Å². The molecule has 9 heteroatoms. The number of hydrogen-bond acceptors (Lipinski definition) is 5. The summed E-state index contributed by atoms with van der Waals surface area (Å²) < 4.78 is 2.87. The third kappa shape index (κ3) is 3.97. The average molecular weight is 386 g/mol. The van der Waals surface area contributed by atoms with Gasteiger partial charge in [-0.1, -0.05) is 0 Å². The molecule has 0 bridgehead atoms. The third-order valence-electron chi connectivity index (χ3n) is 5.17. The molecule has 0 unspecified atom stereocenters. The zero-order chi connectivity index (χ0) is 20.3. The molecule has 1 fully saturated rings. The van der Waals surface area contributed by atoms with Crippen LogP contribution in [0.5, 0.6) is 0 Å². The molecule has 0 saturated carbocycles. The Morgan fingerprint density at radius 2 is 2.00 bits per heavy atom. The summed E-state index contributed by atoms with van der Waals surface area (Å²) in [5.41, 5.74) is -0.691. The Morgan fingerprint density at radius 1 is 1.21 bits per heavy atom. The molecule has 150 valence electrons. The Hall–Kier alpha value is -2.97. The van der Waals surface area contributed by atoms with E-state index in [1.54, 1.807) is 41.8 Å². The van der Waals surface area contributed by atoms with E-state index in [0.717, 1.165) is 17.5 Å². The number of hydrogen-bond donors (Lipinski definition) is 1. The second kappa shape index (κ2) is 7.95. The summed E-state index contributed by atoms with van der Waals surface area (Å²) in [7, 11) is 0. The number of carbonyl (C=O) groups is 2. The molecule has 3 rings (SSSR count). The minimum Gasteiger partial charge on any atom is -0.327 e. The summed E-state index contributed by atoms with van der Waals surface area (Å²) in [5.74, 6) is -0.106. The minimum absolute atomic E-state index is 0.187. The van der Waals surface area contributed by atoms with Crippen molar-refractivity contribution in [1.82, 2.24) is 24.5 Å². The summed E-state index contributed by atoms with van der Waals surface area (Å²) in [4.78, 5) is 39.6. The van der Waals surface area contributed by atoms with Crippen LogP contribution >= 0.6 is 0 Å². The van der Waals surface area contributed by atoms with E-state index in [4.69, 9.17) is 0 Å². The highest BCUT2D eigenvalue weighted by molar-refractivity contribution is 5.99. The van der Waals surface area contributed by atoms with E-state index < -0.39 is 5.54 Å². The predicted octanol–water partition coefficient (Wildman–Crippen LogP) is 1.18. The van der Waals surface area contributed by atoms with Gasteiger partial charge >= 0.3 is 0 Å². The van der Waals surface area contributed by atoms with Crippen LogP contribution in [0, 0.1) is 6.92 Å². The highest BCUT2D eigenvalue weighted by Crippen LogP contribution is 2.29. The van der Waals surface area contributed by atoms with E-state index in [2.05, 4.69) is 15.5 Å². The first-order valence-electron chi connectivity index (χ1n) is 9.53. The Kier molecular flexibility index (Phi) is 5.62. The standard InChI is InChI=1S/C19H26N6O3/c1-4-23-12-9-15(22-23)20-18(28)19(3)10-5-6-11-24(19)17(27)13-25-16(26)8-7-14(2)21-25/h7-9,12H,4-6,10-11,13H2,1-3H3,(H,20,22,28)/t19-/m0/s1. The largest absolute Gasteiger partial charge is 0.327 e. The molecule has 2 aromatic heterocycles. The van der Waals surface area contributed by atoms with E-state index in [1.807, 2.05) is 6.92 Å². The molecule has 28 heavy (non-hydrogen) atoms. The molecule has 0 aromatic carbocycles. The van der Waals surface area contributed by atoms with Gasteiger partial charge < -0.3 is 10.2 Å². The van der Waals surface area contributed by atoms with Gasteiger partial charge in [-0.15, -0.1) is 0 Å². The zero-order valence-corrected chi connectivity index (χ0v) is 16.5. The fraction of sp³-hybridized carbons (Fsp3) is 0.526. The van der Waals surface area contributed by atoms with Gasteiger partial charge in [-0.3, -0.25) is 19.1 Å². The maximum atomic E-state index is 13.0. The van der Waals surface area contributed by atoms with Crippen LogP contribution in [0.3, 0.4) is 0 Å². The van der Waals surface area contributed by atoms with Crippen LogP contribution in [0.1, 0.15) is 38.8 Å². The van der Waals surface area contributed by atoms with Crippen molar-refractivity contribution in [2.24, 2.45) is 0 Å². The molecule has 1 aliphatic rings. The van der Waals surface area contributed by atoms with E-state index in [1.165, 1.54) is 6.07 Å². The molecule has 0 spiro atoms. The first-order chi connectivity index (χ1) is 13.3. The summed E-state index contributed by atoms with van der Waals surface area (Å²) in [6, 6.07) is 4.73. The number of aromatic nitrogens is 4. The lowest BCUT2D eigenvalue weighted by molar-refractivity contribution is -0.147. The normalized spacial score (nSPS) is 19.5. The fourth-order valence-corrected chi connectivity index (χ4v) is 3.49. The van der Waals surface area contributed by atoms with Crippen LogP contribution in [0.2, 0.25) is 0 Å². The SMILES string of the molecule is CCn1ccc(NC(=O)[C@]2(C)CCCCN2C(=O)Cn2nc(C)ccc2=O)n1. The number of piperidine rings is 1. The Labute approximate surface area is 163 Å². The number of rotatable bonds is 5. The molecule has 2 amide bonds. The monoisotopic (exact) mass is 386 g/mol. The van der Waals surface area contributed by atoms with Crippen molar-refractivity contribution in [3.63, 3.8) is 0 Å². The van der Waals surface area contributed by atoms with Gasteiger partial charge in [0.1, 0.15) is 12.1 Å². The van der Waals surface area contributed by atoms with Crippen molar-refractivity contribution in [2.75, 3.05) is 11.9 Å². The highest BCUT2D eigenvalue weighted by Gasteiger charge is 2.44. The minimum atomic E-state index is -1.00. The molecule has 0 aliphatic carbocycles. The molecule has 1 N–H and O–H groups in total. The van der Waals surface area contributed by atoms with Crippen molar-refractivity contribution in [3.8, 4) is 0 Å². The lowest BCUT2D eigenvalue weighted by Gasteiger charge is -2.43. The van der Waals surface area contributed by atoms with Gasteiger partial charge in [0.05, 0.1) is 5.69 Å². The highest BCUT2D eigenvalue weighted by atomic mass is 16.2. The number of nitrogens with zero attached hydrogens (tertiary/aromatic N) is 5. The molecule has 3 heterocycles. The van der Waals surface area contributed by atoms with Gasteiger partial charge in [-0.05, 0) is 46.1 Å². The topological polar surface area (TPSA) is 102 Å². The predicted molar refractivity (Wildman–Crippen MR) is 104 cm³/mol. The maximum Gasteiger partial charge on any atom is 0.267 e. The van der Waals surface area contributed by atoms with Crippen molar-refractivity contribution in [2.45, 2.75) is 58.7 Å². The number of aryl methyl sites for hydroxylation is 2. The second-order valence-electron chi connectivity index (χ2n) is 7.26. The van der Waals surface area contributed by atoms with Crippen LogP contribution in [-0.4, -0.2) is 48.4 Å². The Bertz CT molecular complexity index is 934. The third-order valence-corrected chi connectivity index (χ3v) is 5.17. The van der Waals surface area contributed by atoms with Gasteiger partial charge in [0.25, 0.3) is 11.5 Å². The molecule has 9 nitrogen and oxygen atoms in total. The fourth-order valence-electron chi connectivity index (χ4n) is 3.49. The van der Waals surface area contributed by atoms with E-state index in [9.17, 15) is 14.4 Å².